The van der Waals surface area contributed by atoms with Gasteiger partial charge in [0.15, 0.2) is 0 Å². The summed E-state index contributed by atoms with van der Waals surface area (Å²) in [6.45, 7) is 7.97. The molecule has 2 heterocycles. The predicted molar refractivity (Wildman–Crippen MR) is 154 cm³/mol. The maximum absolute atomic E-state index is 13.3. The number of nitrogens with zero attached hydrogens (tertiary/aromatic N) is 4. The summed E-state index contributed by atoms with van der Waals surface area (Å²) in [5.74, 6) is -0.0705. The van der Waals surface area contributed by atoms with Gasteiger partial charge in [0.2, 0.25) is 5.95 Å². The van der Waals surface area contributed by atoms with Crippen LogP contribution in [-0.4, -0.2) is 34.7 Å². The highest BCUT2D eigenvalue weighted by atomic mass is 16.2. The van der Waals surface area contributed by atoms with Gasteiger partial charge in [0, 0.05) is 41.6 Å². The number of carbonyl (C=O) groups is 2. The van der Waals surface area contributed by atoms with Gasteiger partial charge >= 0.3 is 0 Å². The van der Waals surface area contributed by atoms with Gasteiger partial charge in [-0.25, -0.2) is 4.98 Å². The Bertz CT molecular complexity index is 1610. The van der Waals surface area contributed by atoms with Gasteiger partial charge in [-0.1, -0.05) is 45.0 Å². The fourth-order valence-electron chi connectivity index (χ4n) is 4.74. The number of Topliss-reactive ketones (excluding diaryl/α,β-unsaturated/α-hetero) is 1. The van der Waals surface area contributed by atoms with Gasteiger partial charge < -0.3 is 15.5 Å². The first-order chi connectivity index (χ1) is 18.7. The summed E-state index contributed by atoms with van der Waals surface area (Å²) in [7, 11) is 0. The number of nitrogens with one attached hydrogen (secondary N) is 2. The van der Waals surface area contributed by atoms with Crippen LogP contribution in [0.3, 0.4) is 0 Å². The number of fused-ring (bicyclic) bond motifs is 1. The lowest BCUT2D eigenvalue weighted by molar-refractivity contribution is -0.112. The largest absolute Gasteiger partial charge is 0.341 e. The Kier molecular flexibility index (Phi) is 6.99. The molecule has 1 aliphatic rings. The number of hydrogen-bond acceptors (Lipinski definition) is 7. The van der Waals surface area contributed by atoms with Crippen LogP contribution in [0, 0.1) is 11.3 Å². The molecule has 0 unspecified atom stereocenters. The molecular weight excluding hydrogens is 488 g/mol. The van der Waals surface area contributed by atoms with Crippen LogP contribution in [0.1, 0.15) is 55.1 Å². The Morgan fingerprint density at radius 1 is 0.974 bits per heavy atom. The minimum Gasteiger partial charge on any atom is -0.341 e. The fraction of sp³-hybridized carbons (Fsp3) is 0.258. The lowest BCUT2D eigenvalue weighted by Crippen LogP contribution is -2.23. The topological polar surface area (TPSA) is 111 Å². The molecule has 1 aliphatic heterocycles. The first kappa shape index (κ1) is 25.9. The second kappa shape index (κ2) is 10.5. The first-order valence-electron chi connectivity index (χ1n) is 13.0. The molecule has 0 radical (unpaired) electrons. The van der Waals surface area contributed by atoms with Crippen molar-refractivity contribution >= 4 is 45.6 Å². The van der Waals surface area contributed by atoms with E-state index in [-0.39, 0.29) is 5.41 Å². The quantitative estimate of drug-likeness (QED) is 0.239. The van der Waals surface area contributed by atoms with Crippen LogP contribution < -0.4 is 15.5 Å². The maximum atomic E-state index is 13.3. The van der Waals surface area contributed by atoms with Gasteiger partial charge in [-0.2, -0.15) is 10.2 Å². The van der Waals surface area contributed by atoms with Gasteiger partial charge in [-0.3, -0.25) is 9.59 Å². The van der Waals surface area contributed by atoms with E-state index in [0.717, 1.165) is 42.6 Å². The summed E-state index contributed by atoms with van der Waals surface area (Å²) in [4.78, 5) is 37.7. The van der Waals surface area contributed by atoms with Crippen molar-refractivity contribution < 1.29 is 9.59 Å². The minimum atomic E-state index is -0.762. The number of aromatic nitrogens is 2. The Hall–Kier alpha value is -4.77. The van der Waals surface area contributed by atoms with Crippen molar-refractivity contribution in [3.05, 3.63) is 83.6 Å². The number of anilines is 4. The SMILES string of the molecule is CC(C)(C)c1cc(C#N)cc(NC(=O)C(=O)c2ccc(Nc3ccnc(N4CCCC4)n3)c3ccccc23)c1. The average Bonchev–Trinajstić information content (AvgIpc) is 3.48. The van der Waals surface area contributed by atoms with E-state index < -0.39 is 11.7 Å². The van der Waals surface area contributed by atoms with Crippen LogP contribution in [0.15, 0.2) is 66.9 Å². The van der Waals surface area contributed by atoms with Gasteiger partial charge in [-0.15, -0.1) is 0 Å². The smallest absolute Gasteiger partial charge is 0.296 e. The number of carbonyl (C=O) groups excluding carboxylic acids is 2. The molecule has 5 rings (SSSR count). The molecule has 8 heteroatoms. The van der Waals surface area contributed by atoms with E-state index in [2.05, 4.69) is 31.6 Å². The van der Waals surface area contributed by atoms with Crippen molar-refractivity contribution in [3.8, 4) is 6.07 Å². The van der Waals surface area contributed by atoms with E-state index in [1.165, 1.54) is 0 Å². The van der Waals surface area contributed by atoms with Crippen molar-refractivity contribution in [1.29, 1.82) is 5.26 Å². The van der Waals surface area contributed by atoms with Gasteiger partial charge in [-0.05, 0) is 65.6 Å². The van der Waals surface area contributed by atoms with Crippen LogP contribution in [0.25, 0.3) is 10.8 Å². The Morgan fingerprint density at radius 2 is 1.72 bits per heavy atom. The molecule has 3 aromatic carbocycles. The number of nitriles is 1. The van der Waals surface area contributed by atoms with E-state index in [0.29, 0.717) is 34.0 Å². The monoisotopic (exact) mass is 518 g/mol. The number of amides is 1. The van der Waals surface area contributed by atoms with E-state index in [1.807, 2.05) is 51.1 Å². The third-order valence-corrected chi connectivity index (χ3v) is 6.86. The van der Waals surface area contributed by atoms with Crippen LogP contribution in [0.2, 0.25) is 0 Å². The zero-order valence-corrected chi connectivity index (χ0v) is 22.3. The number of rotatable bonds is 6. The summed E-state index contributed by atoms with van der Waals surface area (Å²) >= 11 is 0. The summed E-state index contributed by atoms with van der Waals surface area (Å²) < 4.78 is 0. The molecule has 0 spiro atoms. The molecular formula is C31H30N6O2. The Balaban J connectivity index is 1.42. The Labute approximate surface area is 227 Å². The second-order valence-corrected chi connectivity index (χ2v) is 10.7. The van der Waals surface area contributed by atoms with Crippen molar-refractivity contribution in [3.63, 3.8) is 0 Å². The average molecular weight is 519 g/mol. The van der Waals surface area contributed by atoms with Crippen molar-refractivity contribution in [2.75, 3.05) is 28.6 Å². The van der Waals surface area contributed by atoms with E-state index in [4.69, 9.17) is 0 Å². The molecule has 1 amide bonds. The highest BCUT2D eigenvalue weighted by molar-refractivity contribution is 6.48. The molecule has 1 fully saturated rings. The van der Waals surface area contributed by atoms with E-state index in [1.54, 1.807) is 36.5 Å². The minimum absolute atomic E-state index is 0.228. The summed E-state index contributed by atoms with van der Waals surface area (Å²) in [6, 6.07) is 20.0. The highest BCUT2D eigenvalue weighted by Crippen LogP contribution is 2.30. The molecule has 196 valence electrons. The molecule has 39 heavy (non-hydrogen) atoms. The molecule has 0 bridgehead atoms. The summed E-state index contributed by atoms with van der Waals surface area (Å²) in [5.41, 5.74) is 2.56. The third-order valence-electron chi connectivity index (χ3n) is 6.86. The van der Waals surface area contributed by atoms with Crippen LogP contribution in [0.4, 0.5) is 23.1 Å². The predicted octanol–water partition coefficient (Wildman–Crippen LogP) is 5.96. The van der Waals surface area contributed by atoms with Gasteiger partial charge in [0.1, 0.15) is 5.82 Å². The molecule has 1 aromatic heterocycles. The zero-order chi connectivity index (χ0) is 27.6. The summed E-state index contributed by atoms with van der Waals surface area (Å²) in [6.07, 6.45) is 4.01. The molecule has 0 atom stereocenters. The molecule has 2 N–H and O–H groups in total. The molecule has 4 aromatic rings. The zero-order valence-electron chi connectivity index (χ0n) is 22.3. The standard InChI is InChI=1S/C31H30N6O2/c1-31(2,3)21-16-20(19-32)17-22(18-21)34-29(39)28(38)25-10-11-26(24-9-5-4-8-23(24)25)35-27-12-13-33-30(36-27)37-14-6-7-15-37/h4-5,8-13,16-18H,6-7,14-15H2,1-3H3,(H,34,39)(H,33,35,36). The van der Waals surface area contributed by atoms with Crippen LogP contribution in [0.5, 0.6) is 0 Å². The molecule has 0 aliphatic carbocycles. The molecule has 0 saturated carbocycles. The van der Waals surface area contributed by atoms with Crippen LogP contribution >= 0.6 is 0 Å². The molecule has 8 nitrogen and oxygen atoms in total. The number of hydrogen-bond donors (Lipinski definition) is 2. The summed E-state index contributed by atoms with van der Waals surface area (Å²) in [5, 5.41) is 17.0. The maximum Gasteiger partial charge on any atom is 0.296 e. The number of benzene rings is 3. The van der Waals surface area contributed by atoms with Crippen molar-refractivity contribution in [1.82, 2.24) is 9.97 Å². The lowest BCUT2D eigenvalue weighted by atomic mass is 9.86. The van der Waals surface area contributed by atoms with Gasteiger partial charge in [0.25, 0.3) is 11.7 Å². The Morgan fingerprint density at radius 3 is 2.44 bits per heavy atom. The third kappa shape index (κ3) is 5.58. The van der Waals surface area contributed by atoms with Crippen molar-refractivity contribution in [2.45, 2.75) is 39.0 Å². The van der Waals surface area contributed by atoms with Gasteiger partial charge in [0.05, 0.1) is 11.6 Å². The second-order valence-electron chi connectivity index (χ2n) is 10.7. The first-order valence-corrected chi connectivity index (χ1v) is 13.0. The van der Waals surface area contributed by atoms with Crippen molar-refractivity contribution in [2.24, 2.45) is 0 Å². The van der Waals surface area contributed by atoms with E-state index >= 15 is 0 Å². The highest BCUT2D eigenvalue weighted by Gasteiger charge is 2.22. The fourth-order valence-corrected chi connectivity index (χ4v) is 4.74. The number of ketones is 1. The molecule has 1 saturated heterocycles. The van der Waals surface area contributed by atoms with Crippen LogP contribution in [-0.2, 0) is 10.2 Å². The normalized spacial score (nSPS) is 13.2. The lowest BCUT2D eigenvalue weighted by Gasteiger charge is -2.20. The van der Waals surface area contributed by atoms with E-state index in [9.17, 15) is 14.9 Å².